The largest absolute Gasteiger partial charge is 0.463 e. The van der Waals surface area contributed by atoms with Crippen LogP contribution in [0.1, 0.15) is 140 Å². The summed E-state index contributed by atoms with van der Waals surface area (Å²) >= 11 is 0. The third-order valence-corrected chi connectivity index (χ3v) is 15.8. The van der Waals surface area contributed by atoms with E-state index in [0.29, 0.717) is 36.4 Å². The number of aliphatic hydroxyl groups is 1. The molecule has 0 aromatic rings. The van der Waals surface area contributed by atoms with Gasteiger partial charge < -0.3 is 28.8 Å². The van der Waals surface area contributed by atoms with Crippen molar-refractivity contribution in [1.29, 1.82) is 0 Å². The number of ether oxygens (including phenoxy) is 5. The van der Waals surface area contributed by atoms with Gasteiger partial charge in [-0.15, -0.1) is 0 Å². The number of aliphatic hydroxyl groups excluding tert-OH is 1. The molecule has 1 saturated heterocycles. The lowest BCUT2D eigenvalue weighted by molar-refractivity contribution is -0.269. The maximum Gasteiger partial charge on any atom is 0.303 e. The number of fused-ring (bicyclic) bond motifs is 7. The van der Waals surface area contributed by atoms with Gasteiger partial charge in [0.2, 0.25) is 0 Å². The number of Topliss-reactive ketones (excluding diaryl/α,β-unsaturated/α-hetero) is 1. The molecular weight excluding hydrogens is 704 g/mol. The van der Waals surface area contributed by atoms with Gasteiger partial charge in [-0.3, -0.25) is 24.0 Å². The SMILES string of the molecule is CC(=O)OCC1O[C@@H](C(O)C[C@@]23CCC4C(=CCC5[C@@]4(C)CCC4C(C)(C)C(=O)CC[C@@]45C)C2CC(C)(C)CC3)C(OC(C)=O)C(OC(C)=O)[C@@H]1OC(C)=O. The molecule has 0 bridgehead atoms. The zero-order valence-corrected chi connectivity index (χ0v) is 34.9. The molecule has 0 aromatic heterocycles. The first-order valence-electron chi connectivity index (χ1n) is 20.8. The smallest absolute Gasteiger partial charge is 0.303 e. The van der Waals surface area contributed by atoms with Gasteiger partial charge in [0.25, 0.3) is 0 Å². The van der Waals surface area contributed by atoms with Crippen molar-refractivity contribution in [3.8, 4) is 0 Å². The Morgan fingerprint density at radius 3 is 2.04 bits per heavy atom. The van der Waals surface area contributed by atoms with Crippen LogP contribution in [0.2, 0.25) is 0 Å². The van der Waals surface area contributed by atoms with Crippen LogP contribution in [0, 0.1) is 50.7 Å². The van der Waals surface area contributed by atoms with Crippen LogP contribution < -0.4 is 0 Å². The van der Waals surface area contributed by atoms with Crippen molar-refractivity contribution in [2.75, 3.05) is 6.61 Å². The summed E-state index contributed by atoms with van der Waals surface area (Å²) in [4.78, 5) is 62.5. The highest BCUT2D eigenvalue weighted by Crippen LogP contribution is 2.72. The van der Waals surface area contributed by atoms with E-state index in [-0.39, 0.29) is 39.6 Å². The van der Waals surface area contributed by atoms with Crippen LogP contribution >= 0.6 is 0 Å². The highest BCUT2D eigenvalue weighted by Gasteiger charge is 2.65. The summed E-state index contributed by atoms with van der Waals surface area (Å²) in [6.07, 6.45) is 5.21. The first kappa shape index (κ1) is 41.8. The second kappa shape index (κ2) is 14.9. The Morgan fingerprint density at radius 1 is 0.764 bits per heavy atom. The van der Waals surface area contributed by atoms with Gasteiger partial charge >= 0.3 is 23.9 Å². The Morgan fingerprint density at radius 2 is 1.40 bits per heavy atom. The predicted octanol–water partition coefficient (Wildman–Crippen LogP) is 6.84. The molecule has 8 unspecified atom stereocenters. The summed E-state index contributed by atoms with van der Waals surface area (Å²) in [6.45, 7) is 18.6. The number of allylic oxidation sites excluding steroid dienone is 2. The van der Waals surface area contributed by atoms with Crippen LogP contribution in [-0.2, 0) is 47.7 Å². The average molecular weight is 771 g/mol. The van der Waals surface area contributed by atoms with Crippen LogP contribution in [0.3, 0.4) is 0 Å². The fraction of sp³-hybridized carbons (Fsp3) is 0.841. The summed E-state index contributed by atoms with van der Waals surface area (Å²) < 4.78 is 28.8. The highest BCUT2D eigenvalue weighted by molar-refractivity contribution is 5.85. The molecule has 11 heteroatoms. The van der Waals surface area contributed by atoms with Crippen molar-refractivity contribution in [2.45, 2.75) is 176 Å². The van der Waals surface area contributed by atoms with Crippen molar-refractivity contribution in [1.82, 2.24) is 0 Å². The Kier molecular flexibility index (Phi) is 11.3. The summed E-state index contributed by atoms with van der Waals surface area (Å²) in [5, 5.41) is 12.4. The number of hydrogen-bond donors (Lipinski definition) is 1. The minimum atomic E-state index is -1.32. The quantitative estimate of drug-likeness (QED) is 0.157. The maximum atomic E-state index is 13.2. The Hall–Kier alpha value is -2.79. The fourth-order valence-corrected chi connectivity index (χ4v) is 13.3. The van der Waals surface area contributed by atoms with Gasteiger partial charge in [0, 0.05) is 39.5 Å². The second-order valence-corrected chi connectivity index (χ2v) is 20.1. The number of esters is 4. The zero-order chi connectivity index (χ0) is 40.5. The number of carbonyl (C=O) groups excluding carboxylic acids is 5. The van der Waals surface area contributed by atoms with Gasteiger partial charge in [-0.2, -0.15) is 0 Å². The predicted molar refractivity (Wildman–Crippen MR) is 202 cm³/mol. The molecule has 0 spiro atoms. The molecule has 0 radical (unpaired) electrons. The molecule has 11 nitrogen and oxygen atoms in total. The van der Waals surface area contributed by atoms with Crippen LogP contribution in [0.4, 0.5) is 0 Å². The third-order valence-electron chi connectivity index (χ3n) is 15.8. The maximum absolute atomic E-state index is 13.2. The molecule has 55 heavy (non-hydrogen) atoms. The van der Waals surface area contributed by atoms with Gasteiger partial charge in [-0.25, -0.2) is 0 Å². The second-order valence-electron chi connectivity index (χ2n) is 20.1. The van der Waals surface area contributed by atoms with Crippen molar-refractivity contribution < 1.29 is 52.8 Å². The van der Waals surface area contributed by atoms with E-state index in [4.69, 9.17) is 23.7 Å². The van der Waals surface area contributed by atoms with E-state index in [0.717, 1.165) is 57.8 Å². The molecule has 5 fully saturated rings. The number of rotatable bonds is 8. The molecule has 1 heterocycles. The Labute approximate surface area is 327 Å². The molecule has 0 aromatic carbocycles. The average Bonchev–Trinajstić information content (AvgIpc) is 3.06. The van der Waals surface area contributed by atoms with Crippen LogP contribution in [-0.4, -0.2) is 78.0 Å². The van der Waals surface area contributed by atoms with E-state index in [1.54, 1.807) is 0 Å². The molecule has 0 amide bonds. The number of hydrogen-bond acceptors (Lipinski definition) is 11. The summed E-state index contributed by atoms with van der Waals surface area (Å²) in [5.74, 6) is -0.735. The van der Waals surface area contributed by atoms with E-state index in [9.17, 15) is 29.1 Å². The third kappa shape index (κ3) is 7.54. The van der Waals surface area contributed by atoms with Gasteiger partial charge in [0.05, 0.1) is 6.10 Å². The van der Waals surface area contributed by atoms with Crippen molar-refractivity contribution in [2.24, 2.45) is 50.7 Å². The van der Waals surface area contributed by atoms with E-state index < -0.39 is 60.5 Å². The Bertz CT molecular complexity index is 1580. The van der Waals surface area contributed by atoms with E-state index in [2.05, 4.69) is 47.6 Å². The van der Waals surface area contributed by atoms with Crippen LogP contribution in [0.5, 0.6) is 0 Å². The molecule has 6 rings (SSSR count). The minimum Gasteiger partial charge on any atom is -0.463 e. The zero-order valence-electron chi connectivity index (χ0n) is 34.9. The molecule has 5 aliphatic carbocycles. The van der Waals surface area contributed by atoms with E-state index in [1.807, 2.05) is 0 Å². The lowest BCUT2D eigenvalue weighted by atomic mass is 9.37. The van der Waals surface area contributed by atoms with Crippen molar-refractivity contribution >= 4 is 29.7 Å². The van der Waals surface area contributed by atoms with E-state index in [1.165, 1.54) is 33.3 Å². The van der Waals surface area contributed by atoms with Crippen LogP contribution in [0.15, 0.2) is 11.6 Å². The van der Waals surface area contributed by atoms with Crippen molar-refractivity contribution in [3.05, 3.63) is 11.6 Å². The first-order valence-corrected chi connectivity index (χ1v) is 20.8. The highest BCUT2D eigenvalue weighted by atomic mass is 16.7. The molecule has 13 atom stereocenters. The molecule has 6 aliphatic rings. The van der Waals surface area contributed by atoms with Gasteiger partial charge in [-0.1, -0.05) is 53.2 Å². The number of carbonyl (C=O) groups is 5. The minimum absolute atomic E-state index is 0.0954. The molecule has 308 valence electrons. The number of ketones is 1. The molecule has 1 N–H and O–H groups in total. The lowest BCUT2D eigenvalue weighted by Crippen LogP contribution is -2.65. The standard InChI is InChI=1S/C44H66O11/c1-24(45)51-23-32-37(52-25(2)46)39(54-27(4)48)38(53-26(3)47)36(55-32)31(49)22-44-18-13-29-28(30(44)21-40(5,6)19-20-44)11-12-34-42(29,9)16-14-33-41(7,8)35(50)15-17-43(33,34)10/h11,29-34,36-39,49H,12-23H2,1-10H3/t29?,30?,31?,32?,33?,34?,36-,37+,38?,39?,42-,43-,44-/m0/s1. The fourth-order valence-electron chi connectivity index (χ4n) is 13.3. The molecular formula is C44H66O11. The lowest BCUT2D eigenvalue weighted by Gasteiger charge is -2.67. The van der Waals surface area contributed by atoms with Gasteiger partial charge in [-0.05, 0) is 110 Å². The summed E-state index contributed by atoms with van der Waals surface area (Å²) in [5.41, 5.74) is 1.26. The monoisotopic (exact) mass is 770 g/mol. The summed E-state index contributed by atoms with van der Waals surface area (Å²) in [7, 11) is 0. The Balaban J connectivity index is 1.34. The molecule has 1 aliphatic heterocycles. The normalized spacial score (nSPS) is 42.1. The van der Waals surface area contributed by atoms with Gasteiger partial charge in [0.1, 0.15) is 24.6 Å². The molecule has 4 saturated carbocycles. The first-order chi connectivity index (χ1) is 25.5. The van der Waals surface area contributed by atoms with Gasteiger partial charge in [0.15, 0.2) is 18.3 Å². The van der Waals surface area contributed by atoms with Crippen LogP contribution in [0.25, 0.3) is 0 Å². The topological polar surface area (TPSA) is 152 Å². The van der Waals surface area contributed by atoms with Crippen molar-refractivity contribution in [3.63, 3.8) is 0 Å². The van der Waals surface area contributed by atoms with E-state index >= 15 is 0 Å². The summed E-state index contributed by atoms with van der Waals surface area (Å²) in [6, 6.07) is 0.